The van der Waals surface area contributed by atoms with E-state index in [0.717, 1.165) is 19.5 Å². The number of carbonyl (C=O) groups is 1. The van der Waals surface area contributed by atoms with E-state index < -0.39 is 5.97 Å². The molecule has 0 saturated carbocycles. The van der Waals surface area contributed by atoms with Gasteiger partial charge in [-0.15, -0.1) is 0 Å². The molecule has 0 spiro atoms. The van der Waals surface area contributed by atoms with Crippen molar-refractivity contribution < 1.29 is 14.6 Å². The van der Waals surface area contributed by atoms with Crippen LogP contribution in [0, 0.1) is 0 Å². The van der Waals surface area contributed by atoms with E-state index in [9.17, 15) is 4.79 Å². The lowest BCUT2D eigenvalue weighted by Gasteiger charge is -2.31. The number of carboxylic acids is 1. The Morgan fingerprint density at radius 2 is 2.50 bits per heavy atom. The Hall–Kier alpha value is -0.610. The van der Waals surface area contributed by atoms with Gasteiger partial charge in [-0.1, -0.05) is 6.92 Å². The molecule has 1 rings (SSSR count). The first-order valence-corrected chi connectivity index (χ1v) is 4.28. The van der Waals surface area contributed by atoms with Gasteiger partial charge in [-0.3, -0.25) is 9.69 Å². The van der Waals surface area contributed by atoms with Crippen LogP contribution in [0.4, 0.5) is 0 Å². The molecular weight excluding hydrogens is 158 g/mol. The molecule has 1 N–H and O–H groups in total. The largest absolute Gasteiger partial charge is 0.480 e. The van der Waals surface area contributed by atoms with Crippen molar-refractivity contribution in [1.82, 2.24) is 4.90 Å². The van der Waals surface area contributed by atoms with Crippen LogP contribution in [0.3, 0.4) is 0 Å². The number of carboxylic acid groups (broad SMARTS) is 1. The Morgan fingerprint density at radius 3 is 3.08 bits per heavy atom. The van der Waals surface area contributed by atoms with E-state index in [1.54, 1.807) is 0 Å². The van der Waals surface area contributed by atoms with Crippen LogP contribution in [-0.4, -0.2) is 48.3 Å². The van der Waals surface area contributed by atoms with Crippen LogP contribution in [0.25, 0.3) is 0 Å². The molecule has 0 amide bonds. The second kappa shape index (κ2) is 4.42. The van der Waals surface area contributed by atoms with Gasteiger partial charge in [0, 0.05) is 13.1 Å². The molecule has 1 saturated heterocycles. The van der Waals surface area contributed by atoms with E-state index in [-0.39, 0.29) is 12.6 Å². The van der Waals surface area contributed by atoms with Gasteiger partial charge in [0.2, 0.25) is 0 Å². The summed E-state index contributed by atoms with van der Waals surface area (Å²) in [6.07, 6.45) is 1.17. The Kier molecular flexibility index (Phi) is 3.49. The number of morpholine rings is 1. The monoisotopic (exact) mass is 173 g/mol. The maximum absolute atomic E-state index is 10.4. The predicted octanol–water partition coefficient (Wildman–Crippen LogP) is 0.182. The van der Waals surface area contributed by atoms with Crippen LogP contribution in [-0.2, 0) is 9.53 Å². The van der Waals surface area contributed by atoms with Gasteiger partial charge in [-0.2, -0.15) is 0 Å². The van der Waals surface area contributed by atoms with Crippen molar-refractivity contribution in [2.75, 3.05) is 26.2 Å². The van der Waals surface area contributed by atoms with Gasteiger partial charge in [0.05, 0.1) is 19.3 Å². The average molecular weight is 173 g/mol. The van der Waals surface area contributed by atoms with E-state index in [0.29, 0.717) is 6.61 Å². The van der Waals surface area contributed by atoms with Crippen molar-refractivity contribution in [3.63, 3.8) is 0 Å². The summed E-state index contributed by atoms with van der Waals surface area (Å²) in [6.45, 7) is 4.34. The smallest absolute Gasteiger partial charge is 0.317 e. The number of aliphatic carboxylic acids is 1. The first-order valence-electron chi connectivity index (χ1n) is 4.28. The van der Waals surface area contributed by atoms with Gasteiger partial charge in [-0.25, -0.2) is 0 Å². The lowest BCUT2D eigenvalue weighted by atomic mass is 10.2. The molecular formula is C8H15NO3. The van der Waals surface area contributed by atoms with Crippen molar-refractivity contribution in [2.45, 2.75) is 19.4 Å². The van der Waals surface area contributed by atoms with Crippen LogP contribution in [0.15, 0.2) is 0 Å². The second-order valence-electron chi connectivity index (χ2n) is 3.03. The highest BCUT2D eigenvalue weighted by Crippen LogP contribution is 2.07. The predicted molar refractivity (Wildman–Crippen MR) is 44.1 cm³/mol. The van der Waals surface area contributed by atoms with Gasteiger partial charge in [-0.05, 0) is 6.42 Å². The van der Waals surface area contributed by atoms with E-state index in [2.05, 4.69) is 6.92 Å². The zero-order chi connectivity index (χ0) is 8.97. The van der Waals surface area contributed by atoms with Gasteiger partial charge in [0.25, 0.3) is 0 Å². The fraction of sp³-hybridized carbons (Fsp3) is 0.875. The first kappa shape index (κ1) is 9.48. The summed E-state index contributed by atoms with van der Waals surface area (Å²) in [5, 5.41) is 8.54. The van der Waals surface area contributed by atoms with Crippen LogP contribution < -0.4 is 0 Å². The van der Waals surface area contributed by atoms with Crippen molar-refractivity contribution in [1.29, 1.82) is 0 Å². The molecule has 1 aliphatic heterocycles. The summed E-state index contributed by atoms with van der Waals surface area (Å²) in [6, 6.07) is 0. The molecule has 0 aliphatic carbocycles. The van der Waals surface area contributed by atoms with Gasteiger partial charge in [0.15, 0.2) is 0 Å². The van der Waals surface area contributed by atoms with Gasteiger partial charge >= 0.3 is 5.97 Å². The minimum absolute atomic E-state index is 0.139. The SMILES string of the molecule is CCC1CN(CC(=O)O)CCO1. The van der Waals surface area contributed by atoms with Crippen molar-refractivity contribution in [2.24, 2.45) is 0 Å². The molecule has 4 nitrogen and oxygen atoms in total. The minimum atomic E-state index is -0.758. The normalized spacial score (nSPS) is 25.6. The second-order valence-corrected chi connectivity index (χ2v) is 3.03. The van der Waals surface area contributed by atoms with Gasteiger partial charge < -0.3 is 9.84 Å². The highest BCUT2D eigenvalue weighted by atomic mass is 16.5. The molecule has 0 aromatic rings. The van der Waals surface area contributed by atoms with Crippen molar-refractivity contribution >= 4 is 5.97 Å². The number of hydrogen-bond acceptors (Lipinski definition) is 3. The Labute approximate surface area is 72.1 Å². The lowest BCUT2D eigenvalue weighted by molar-refractivity contribution is -0.140. The van der Waals surface area contributed by atoms with Crippen LogP contribution in [0.1, 0.15) is 13.3 Å². The standard InChI is InChI=1S/C8H15NO3/c1-2-7-5-9(3-4-12-7)6-8(10)11/h7H,2-6H2,1H3,(H,10,11). The molecule has 0 bridgehead atoms. The average Bonchev–Trinajstić information content (AvgIpc) is 2.03. The third-order valence-corrected chi connectivity index (χ3v) is 2.04. The molecule has 4 heteroatoms. The summed E-state index contributed by atoms with van der Waals surface area (Å²) in [5.41, 5.74) is 0. The molecule has 0 aromatic carbocycles. The molecule has 0 radical (unpaired) electrons. The quantitative estimate of drug-likeness (QED) is 0.661. The number of ether oxygens (including phenoxy) is 1. The molecule has 12 heavy (non-hydrogen) atoms. The zero-order valence-electron chi connectivity index (χ0n) is 7.32. The zero-order valence-corrected chi connectivity index (χ0v) is 7.32. The number of rotatable bonds is 3. The molecule has 1 atom stereocenters. The van der Waals surface area contributed by atoms with E-state index >= 15 is 0 Å². The van der Waals surface area contributed by atoms with Crippen molar-refractivity contribution in [3.8, 4) is 0 Å². The summed E-state index contributed by atoms with van der Waals surface area (Å²) in [7, 11) is 0. The third kappa shape index (κ3) is 2.79. The summed E-state index contributed by atoms with van der Waals surface area (Å²) in [5.74, 6) is -0.758. The highest BCUT2D eigenvalue weighted by Gasteiger charge is 2.19. The maximum atomic E-state index is 10.4. The Balaban J connectivity index is 2.30. The molecule has 1 aliphatic rings. The summed E-state index contributed by atoms with van der Waals surface area (Å²) < 4.78 is 5.40. The fourth-order valence-corrected chi connectivity index (χ4v) is 1.36. The number of nitrogens with zero attached hydrogens (tertiary/aromatic N) is 1. The molecule has 70 valence electrons. The first-order chi connectivity index (χ1) is 5.72. The minimum Gasteiger partial charge on any atom is -0.480 e. The molecule has 1 unspecified atom stereocenters. The van der Waals surface area contributed by atoms with Crippen LogP contribution >= 0.6 is 0 Å². The van der Waals surface area contributed by atoms with Gasteiger partial charge in [0.1, 0.15) is 0 Å². The van der Waals surface area contributed by atoms with E-state index in [1.165, 1.54) is 0 Å². The van der Waals surface area contributed by atoms with Crippen molar-refractivity contribution in [3.05, 3.63) is 0 Å². The molecule has 1 fully saturated rings. The lowest BCUT2D eigenvalue weighted by Crippen LogP contribution is -2.44. The Bertz CT molecular complexity index is 160. The number of hydrogen-bond donors (Lipinski definition) is 1. The topological polar surface area (TPSA) is 49.8 Å². The molecule has 0 aromatic heterocycles. The summed E-state index contributed by atoms with van der Waals surface area (Å²) >= 11 is 0. The molecule has 1 heterocycles. The van der Waals surface area contributed by atoms with E-state index in [1.807, 2.05) is 4.90 Å². The third-order valence-electron chi connectivity index (χ3n) is 2.04. The highest BCUT2D eigenvalue weighted by molar-refractivity contribution is 5.69. The summed E-state index contributed by atoms with van der Waals surface area (Å²) in [4.78, 5) is 12.3. The Morgan fingerprint density at radius 1 is 1.75 bits per heavy atom. The van der Waals surface area contributed by atoms with Crippen LogP contribution in [0.5, 0.6) is 0 Å². The fourth-order valence-electron chi connectivity index (χ4n) is 1.36. The maximum Gasteiger partial charge on any atom is 0.317 e. The van der Waals surface area contributed by atoms with E-state index in [4.69, 9.17) is 9.84 Å². The van der Waals surface area contributed by atoms with Crippen LogP contribution in [0.2, 0.25) is 0 Å².